The van der Waals surface area contributed by atoms with Gasteiger partial charge >= 0.3 is 0 Å². The maximum absolute atomic E-state index is 5.50. The van der Waals surface area contributed by atoms with Gasteiger partial charge in [0, 0.05) is 17.2 Å². The van der Waals surface area contributed by atoms with E-state index in [0.29, 0.717) is 5.75 Å². The lowest BCUT2D eigenvalue weighted by Gasteiger charge is -2.25. The van der Waals surface area contributed by atoms with E-state index in [0.717, 1.165) is 46.9 Å². The van der Waals surface area contributed by atoms with E-state index in [-0.39, 0.29) is 6.04 Å². The Labute approximate surface area is 154 Å². The molecule has 1 unspecified atom stereocenters. The van der Waals surface area contributed by atoms with Crippen molar-refractivity contribution in [2.24, 2.45) is 4.99 Å². The summed E-state index contributed by atoms with van der Waals surface area (Å²) in [7, 11) is 6.61. The summed E-state index contributed by atoms with van der Waals surface area (Å²) in [5, 5.41) is 0. The first-order chi connectivity index (χ1) is 12.6. The molecule has 0 fully saturated rings. The molecule has 0 bridgehead atoms. The molecule has 0 N–H and O–H groups in total. The van der Waals surface area contributed by atoms with Gasteiger partial charge in [-0.3, -0.25) is 4.99 Å². The second kappa shape index (κ2) is 7.68. The minimum absolute atomic E-state index is 0.229. The first-order valence-corrected chi connectivity index (χ1v) is 8.70. The molecule has 0 aliphatic carbocycles. The number of nitrogens with zero attached hydrogens (tertiary/aromatic N) is 1. The van der Waals surface area contributed by atoms with E-state index in [2.05, 4.69) is 13.0 Å². The van der Waals surface area contributed by atoms with Gasteiger partial charge in [-0.1, -0.05) is 6.92 Å². The Kier molecular flexibility index (Phi) is 5.35. The Morgan fingerprint density at radius 2 is 1.46 bits per heavy atom. The summed E-state index contributed by atoms with van der Waals surface area (Å²) in [6, 6.07) is 10.1. The second-order valence-electron chi connectivity index (χ2n) is 6.21. The molecule has 0 amide bonds. The van der Waals surface area contributed by atoms with Crippen LogP contribution in [-0.2, 0) is 6.42 Å². The lowest BCUT2D eigenvalue weighted by atomic mass is 9.89. The quantitative estimate of drug-likeness (QED) is 0.789. The van der Waals surface area contributed by atoms with Crippen molar-refractivity contribution in [3.05, 3.63) is 47.0 Å². The van der Waals surface area contributed by atoms with Crippen LogP contribution in [0.25, 0.3) is 0 Å². The maximum Gasteiger partial charge on any atom is 0.161 e. The number of methoxy groups -OCH3 is 4. The van der Waals surface area contributed by atoms with Crippen molar-refractivity contribution in [1.82, 2.24) is 0 Å². The minimum atomic E-state index is 0.229. The third-order valence-electron chi connectivity index (χ3n) is 4.73. The van der Waals surface area contributed by atoms with E-state index in [4.69, 9.17) is 23.9 Å². The zero-order chi connectivity index (χ0) is 18.7. The maximum atomic E-state index is 5.50. The first kappa shape index (κ1) is 18.1. The predicted octanol–water partition coefficient (Wildman–Crippen LogP) is 3.89. The predicted molar refractivity (Wildman–Crippen MR) is 103 cm³/mol. The Bertz CT molecular complexity index is 807. The molecule has 26 heavy (non-hydrogen) atoms. The van der Waals surface area contributed by atoms with Gasteiger partial charge in [-0.15, -0.1) is 0 Å². The van der Waals surface area contributed by atoms with E-state index in [9.17, 15) is 0 Å². The van der Waals surface area contributed by atoms with Crippen LogP contribution in [0.4, 0.5) is 0 Å². The smallest absolute Gasteiger partial charge is 0.161 e. The number of fused-ring (bicyclic) bond motifs is 1. The molecular formula is C21H25NO4. The van der Waals surface area contributed by atoms with Gasteiger partial charge in [-0.25, -0.2) is 0 Å². The summed E-state index contributed by atoms with van der Waals surface area (Å²) in [5.74, 6) is 2.92. The molecule has 0 saturated carbocycles. The van der Waals surface area contributed by atoms with Crippen molar-refractivity contribution in [2.75, 3.05) is 28.4 Å². The second-order valence-corrected chi connectivity index (χ2v) is 6.21. The van der Waals surface area contributed by atoms with Crippen LogP contribution >= 0.6 is 0 Å². The molecule has 1 heterocycles. The lowest BCUT2D eigenvalue weighted by Crippen LogP contribution is -2.21. The molecule has 1 aliphatic heterocycles. The van der Waals surface area contributed by atoms with Crippen molar-refractivity contribution < 1.29 is 18.9 Å². The van der Waals surface area contributed by atoms with Crippen LogP contribution in [0.5, 0.6) is 23.0 Å². The number of rotatable bonds is 6. The molecule has 0 aromatic heterocycles. The van der Waals surface area contributed by atoms with Crippen LogP contribution in [0.3, 0.4) is 0 Å². The zero-order valence-electron chi connectivity index (χ0n) is 16.0. The summed E-state index contributed by atoms with van der Waals surface area (Å²) in [4.78, 5) is 5.00. The average molecular weight is 355 g/mol. The van der Waals surface area contributed by atoms with Gasteiger partial charge in [-0.05, 0) is 42.7 Å². The van der Waals surface area contributed by atoms with Gasteiger partial charge in [0.25, 0.3) is 0 Å². The summed E-state index contributed by atoms with van der Waals surface area (Å²) >= 11 is 0. The van der Waals surface area contributed by atoms with E-state index >= 15 is 0 Å². The first-order valence-electron chi connectivity index (χ1n) is 8.70. The highest BCUT2D eigenvalue weighted by Crippen LogP contribution is 2.36. The Morgan fingerprint density at radius 3 is 2.00 bits per heavy atom. The topological polar surface area (TPSA) is 49.3 Å². The molecule has 2 aromatic rings. The van der Waals surface area contributed by atoms with Gasteiger partial charge in [0.15, 0.2) is 11.5 Å². The SMILES string of the molecule is CCC1Cc2cc(OC)c(OC)cc2C(c2cc(OC)cc(OC)c2)=N1. The van der Waals surface area contributed by atoms with Gasteiger partial charge < -0.3 is 18.9 Å². The third-order valence-corrected chi connectivity index (χ3v) is 4.73. The number of aliphatic imine (C=N–C) groups is 1. The molecule has 138 valence electrons. The van der Waals surface area contributed by atoms with E-state index < -0.39 is 0 Å². The highest BCUT2D eigenvalue weighted by atomic mass is 16.5. The van der Waals surface area contributed by atoms with Gasteiger partial charge in [-0.2, -0.15) is 0 Å². The Balaban J connectivity index is 2.19. The van der Waals surface area contributed by atoms with Gasteiger partial charge in [0.2, 0.25) is 0 Å². The molecule has 5 nitrogen and oxygen atoms in total. The molecule has 0 saturated heterocycles. The van der Waals surface area contributed by atoms with E-state index in [1.54, 1.807) is 28.4 Å². The van der Waals surface area contributed by atoms with Crippen LogP contribution < -0.4 is 18.9 Å². The van der Waals surface area contributed by atoms with Crippen LogP contribution in [0, 0.1) is 0 Å². The van der Waals surface area contributed by atoms with Crippen LogP contribution in [0.1, 0.15) is 30.0 Å². The zero-order valence-corrected chi connectivity index (χ0v) is 16.0. The number of hydrogen-bond acceptors (Lipinski definition) is 5. The van der Waals surface area contributed by atoms with Crippen molar-refractivity contribution in [1.29, 1.82) is 0 Å². The largest absolute Gasteiger partial charge is 0.497 e. The minimum Gasteiger partial charge on any atom is -0.497 e. The van der Waals surface area contributed by atoms with Crippen LogP contribution in [0.2, 0.25) is 0 Å². The van der Waals surface area contributed by atoms with E-state index in [1.807, 2.05) is 24.3 Å². The fourth-order valence-electron chi connectivity index (χ4n) is 3.27. The highest BCUT2D eigenvalue weighted by Gasteiger charge is 2.24. The molecular weight excluding hydrogens is 330 g/mol. The molecule has 2 aromatic carbocycles. The lowest BCUT2D eigenvalue weighted by molar-refractivity contribution is 0.354. The summed E-state index contributed by atoms with van der Waals surface area (Å²) in [6.45, 7) is 2.16. The number of benzene rings is 2. The Morgan fingerprint density at radius 1 is 0.846 bits per heavy atom. The molecule has 0 spiro atoms. The average Bonchev–Trinajstić information content (AvgIpc) is 2.71. The molecule has 5 heteroatoms. The van der Waals surface area contributed by atoms with Crippen molar-refractivity contribution >= 4 is 5.71 Å². The van der Waals surface area contributed by atoms with Crippen LogP contribution in [0.15, 0.2) is 35.3 Å². The number of hydrogen-bond donors (Lipinski definition) is 0. The fraction of sp³-hybridized carbons (Fsp3) is 0.381. The van der Waals surface area contributed by atoms with Gasteiger partial charge in [0.05, 0.1) is 40.2 Å². The molecule has 1 aliphatic rings. The van der Waals surface area contributed by atoms with Gasteiger partial charge in [0.1, 0.15) is 11.5 Å². The van der Waals surface area contributed by atoms with Crippen molar-refractivity contribution in [3.8, 4) is 23.0 Å². The fourth-order valence-corrected chi connectivity index (χ4v) is 3.27. The van der Waals surface area contributed by atoms with Crippen LogP contribution in [-0.4, -0.2) is 40.2 Å². The number of ether oxygens (including phenoxy) is 4. The summed E-state index contributed by atoms with van der Waals surface area (Å²) in [5.41, 5.74) is 4.16. The van der Waals surface area contributed by atoms with Crippen molar-refractivity contribution in [2.45, 2.75) is 25.8 Å². The normalized spacial score (nSPS) is 15.7. The molecule has 3 rings (SSSR count). The monoisotopic (exact) mass is 355 g/mol. The highest BCUT2D eigenvalue weighted by molar-refractivity contribution is 6.15. The molecule has 0 radical (unpaired) electrons. The summed E-state index contributed by atoms with van der Waals surface area (Å²) in [6.07, 6.45) is 1.86. The standard InChI is InChI=1S/C21H25NO4/c1-6-15-7-13-10-19(25-4)20(26-5)12-18(13)21(22-15)14-8-16(23-2)11-17(9-14)24-3/h8-12,15H,6-7H2,1-5H3. The molecule has 1 atom stereocenters. The van der Waals surface area contributed by atoms with Crippen molar-refractivity contribution in [3.63, 3.8) is 0 Å². The Hall–Kier alpha value is -2.69. The summed E-state index contributed by atoms with van der Waals surface area (Å²) < 4.78 is 21.8. The third kappa shape index (κ3) is 3.34. The van der Waals surface area contributed by atoms with E-state index in [1.165, 1.54) is 5.56 Å².